The maximum absolute atomic E-state index is 13.7. The van der Waals surface area contributed by atoms with E-state index < -0.39 is 24.1 Å². The molecule has 0 bridgehead atoms. The Hall–Kier alpha value is -3.20. The molecule has 6 nitrogen and oxygen atoms in total. The summed E-state index contributed by atoms with van der Waals surface area (Å²) in [4.78, 5) is 32.3. The number of nitrogens with one attached hydrogen (secondary N) is 1. The number of carbonyl (C=O) groups is 2. The highest BCUT2D eigenvalue weighted by Gasteiger charge is 2.42. The van der Waals surface area contributed by atoms with E-state index in [0.717, 1.165) is 0 Å². The molecule has 2 aromatic carbocycles. The van der Waals surface area contributed by atoms with Crippen molar-refractivity contribution < 1.29 is 27.9 Å². The monoisotopic (exact) mass is 465 g/mol. The molecule has 0 radical (unpaired) electrons. The molecule has 1 aromatic heterocycles. The zero-order chi connectivity index (χ0) is 23.3. The van der Waals surface area contributed by atoms with Crippen molar-refractivity contribution in [1.82, 2.24) is 15.3 Å². The van der Waals surface area contributed by atoms with E-state index in [9.17, 15) is 22.8 Å². The van der Waals surface area contributed by atoms with Crippen molar-refractivity contribution in [2.45, 2.75) is 37.9 Å². The molecule has 1 heterocycles. The van der Waals surface area contributed by atoms with Crippen LogP contribution in [0.15, 0.2) is 48.5 Å². The SMILES string of the molecule is O=C(O)CCCCc1nc2ccccc2nc1C(=O)N[C@H](c1ccc(Cl)cc1)C(F)(F)F. The van der Waals surface area contributed by atoms with Crippen molar-refractivity contribution in [3.05, 3.63) is 70.5 Å². The molecule has 3 rings (SSSR count). The first-order valence-electron chi connectivity index (χ1n) is 9.75. The molecule has 32 heavy (non-hydrogen) atoms. The molecule has 3 aromatic rings. The van der Waals surface area contributed by atoms with Gasteiger partial charge in [0.2, 0.25) is 0 Å². The van der Waals surface area contributed by atoms with Gasteiger partial charge in [0, 0.05) is 11.4 Å². The van der Waals surface area contributed by atoms with Crippen LogP contribution in [0.25, 0.3) is 11.0 Å². The van der Waals surface area contributed by atoms with Crippen molar-refractivity contribution in [1.29, 1.82) is 0 Å². The second-order valence-electron chi connectivity index (χ2n) is 7.11. The van der Waals surface area contributed by atoms with Crippen LogP contribution in [-0.4, -0.2) is 33.1 Å². The van der Waals surface area contributed by atoms with Crippen LogP contribution in [-0.2, 0) is 11.2 Å². The van der Waals surface area contributed by atoms with Gasteiger partial charge in [0.25, 0.3) is 5.91 Å². The second kappa shape index (κ2) is 9.95. The van der Waals surface area contributed by atoms with Gasteiger partial charge in [-0.3, -0.25) is 9.59 Å². The highest BCUT2D eigenvalue weighted by atomic mass is 35.5. The summed E-state index contributed by atoms with van der Waals surface area (Å²) in [6.45, 7) is 0. The van der Waals surface area contributed by atoms with Gasteiger partial charge in [-0.2, -0.15) is 13.2 Å². The number of aryl methyl sites for hydroxylation is 1. The van der Waals surface area contributed by atoms with Crippen LogP contribution in [0.4, 0.5) is 13.2 Å². The average molecular weight is 466 g/mol. The normalized spacial score (nSPS) is 12.5. The molecule has 168 valence electrons. The number of alkyl halides is 3. The van der Waals surface area contributed by atoms with Crippen LogP contribution < -0.4 is 5.32 Å². The zero-order valence-corrected chi connectivity index (χ0v) is 17.5. The fourth-order valence-corrected chi connectivity index (χ4v) is 3.30. The lowest BCUT2D eigenvalue weighted by molar-refractivity contribution is -0.155. The Morgan fingerprint density at radius 2 is 1.62 bits per heavy atom. The number of unbranched alkanes of at least 4 members (excludes halogenated alkanes) is 1. The number of nitrogens with zero attached hydrogens (tertiary/aromatic N) is 2. The van der Waals surface area contributed by atoms with Crippen LogP contribution in [0.1, 0.15) is 47.1 Å². The molecular weight excluding hydrogens is 447 g/mol. The number of halogens is 4. The van der Waals surface area contributed by atoms with Gasteiger partial charge < -0.3 is 10.4 Å². The number of hydrogen-bond donors (Lipinski definition) is 2. The highest BCUT2D eigenvalue weighted by molar-refractivity contribution is 6.30. The van der Waals surface area contributed by atoms with Crippen LogP contribution in [0, 0.1) is 0 Å². The summed E-state index contributed by atoms with van der Waals surface area (Å²) < 4.78 is 41.2. The number of carboxylic acid groups (broad SMARTS) is 1. The Morgan fingerprint density at radius 1 is 1.00 bits per heavy atom. The van der Waals surface area contributed by atoms with Crippen molar-refractivity contribution in [3.8, 4) is 0 Å². The molecule has 2 N–H and O–H groups in total. The molecule has 0 saturated carbocycles. The quantitative estimate of drug-likeness (QED) is 0.451. The number of aliphatic carboxylic acids is 1. The molecule has 0 fully saturated rings. The summed E-state index contributed by atoms with van der Waals surface area (Å²) >= 11 is 5.76. The van der Waals surface area contributed by atoms with Gasteiger partial charge in [-0.1, -0.05) is 35.9 Å². The smallest absolute Gasteiger partial charge is 0.412 e. The first-order chi connectivity index (χ1) is 15.1. The average Bonchev–Trinajstić information content (AvgIpc) is 2.74. The number of hydrogen-bond acceptors (Lipinski definition) is 4. The third-order valence-corrected chi connectivity index (χ3v) is 4.97. The summed E-state index contributed by atoms with van der Waals surface area (Å²) in [5.74, 6) is -1.97. The first kappa shape index (κ1) is 23.5. The number of carboxylic acids is 1. The van der Waals surface area contributed by atoms with Crippen LogP contribution in [0.5, 0.6) is 0 Å². The van der Waals surface area contributed by atoms with Crippen molar-refractivity contribution in [2.24, 2.45) is 0 Å². The lowest BCUT2D eigenvalue weighted by atomic mass is 10.1. The number of para-hydroxylation sites is 2. The number of rotatable bonds is 8. The fourth-order valence-electron chi connectivity index (χ4n) is 3.17. The predicted octanol–water partition coefficient (Wildman–Crippen LogP) is 5.11. The molecule has 0 aliphatic rings. The van der Waals surface area contributed by atoms with Crippen molar-refractivity contribution in [3.63, 3.8) is 0 Å². The van der Waals surface area contributed by atoms with Gasteiger partial charge in [-0.05, 0) is 49.1 Å². The number of aromatic nitrogens is 2. The Balaban J connectivity index is 1.92. The second-order valence-corrected chi connectivity index (χ2v) is 7.54. The molecule has 0 saturated heterocycles. The molecule has 0 unspecified atom stereocenters. The van der Waals surface area contributed by atoms with Crippen LogP contribution in [0.3, 0.4) is 0 Å². The minimum absolute atomic E-state index is 0.0603. The lowest BCUT2D eigenvalue weighted by Gasteiger charge is -2.22. The van der Waals surface area contributed by atoms with Gasteiger partial charge in [0.15, 0.2) is 6.04 Å². The third-order valence-electron chi connectivity index (χ3n) is 4.72. The summed E-state index contributed by atoms with van der Waals surface area (Å²) in [6.07, 6.45) is -3.89. The van der Waals surface area contributed by atoms with E-state index in [0.29, 0.717) is 23.9 Å². The number of benzene rings is 2. The Kier molecular flexibility index (Phi) is 7.29. The summed E-state index contributed by atoms with van der Waals surface area (Å²) in [5.41, 5.74) is 0.669. The van der Waals surface area contributed by atoms with Gasteiger partial charge in [-0.25, -0.2) is 9.97 Å². The van der Waals surface area contributed by atoms with E-state index in [1.54, 1.807) is 24.3 Å². The summed E-state index contributed by atoms with van der Waals surface area (Å²) in [7, 11) is 0. The third kappa shape index (κ3) is 5.94. The maximum atomic E-state index is 13.7. The minimum Gasteiger partial charge on any atom is -0.481 e. The van der Waals surface area contributed by atoms with Gasteiger partial charge in [0.1, 0.15) is 5.69 Å². The van der Waals surface area contributed by atoms with Crippen molar-refractivity contribution in [2.75, 3.05) is 0 Å². The molecule has 0 aliphatic carbocycles. The Bertz CT molecular complexity index is 1120. The van der Waals surface area contributed by atoms with E-state index in [1.807, 2.05) is 5.32 Å². The predicted molar refractivity (Wildman–Crippen MR) is 112 cm³/mol. The van der Waals surface area contributed by atoms with E-state index in [4.69, 9.17) is 16.7 Å². The standard InChI is InChI=1S/C22H19ClF3N3O3/c23-14-11-9-13(10-12-14)20(22(24,25)26)29-21(32)19-17(7-3-4-8-18(30)31)27-15-5-1-2-6-16(15)28-19/h1-2,5-6,9-12,20H,3-4,7-8H2,(H,29,32)(H,30,31)/t20-/m1/s1. The highest BCUT2D eigenvalue weighted by Crippen LogP contribution is 2.33. The van der Waals surface area contributed by atoms with Crippen LogP contribution in [0.2, 0.25) is 5.02 Å². The first-order valence-corrected chi connectivity index (χ1v) is 10.1. The molecule has 0 aliphatic heterocycles. The zero-order valence-electron chi connectivity index (χ0n) is 16.7. The van der Waals surface area contributed by atoms with E-state index in [1.165, 1.54) is 24.3 Å². The molecule has 10 heteroatoms. The van der Waals surface area contributed by atoms with Crippen LogP contribution >= 0.6 is 11.6 Å². The Morgan fingerprint density at radius 3 is 2.22 bits per heavy atom. The minimum atomic E-state index is -4.75. The summed E-state index contributed by atoms with van der Waals surface area (Å²) in [6, 6.07) is 9.43. The lowest BCUT2D eigenvalue weighted by Crippen LogP contribution is -2.39. The van der Waals surface area contributed by atoms with Gasteiger partial charge in [-0.15, -0.1) is 0 Å². The number of amides is 1. The van der Waals surface area contributed by atoms with E-state index in [2.05, 4.69) is 9.97 Å². The number of fused-ring (bicyclic) bond motifs is 1. The molecular formula is C22H19ClF3N3O3. The fraction of sp³-hybridized carbons (Fsp3) is 0.273. The van der Waals surface area contributed by atoms with E-state index in [-0.39, 0.29) is 34.8 Å². The molecule has 0 spiro atoms. The van der Waals surface area contributed by atoms with Gasteiger partial charge in [0.05, 0.1) is 16.7 Å². The Labute approximate surface area is 186 Å². The number of carbonyl (C=O) groups excluding carboxylic acids is 1. The topological polar surface area (TPSA) is 92.2 Å². The van der Waals surface area contributed by atoms with E-state index >= 15 is 0 Å². The molecule has 1 amide bonds. The van der Waals surface area contributed by atoms with Crippen molar-refractivity contribution >= 4 is 34.5 Å². The van der Waals surface area contributed by atoms with Gasteiger partial charge >= 0.3 is 12.1 Å². The molecule has 1 atom stereocenters. The maximum Gasteiger partial charge on any atom is 0.412 e. The summed E-state index contributed by atoms with van der Waals surface area (Å²) in [5, 5.41) is 11.1. The largest absolute Gasteiger partial charge is 0.481 e.